The molecule has 0 radical (unpaired) electrons. The highest BCUT2D eigenvalue weighted by atomic mass is 32.2. The van der Waals surface area contributed by atoms with Gasteiger partial charge in [0.25, 0.3) is 5.91 Å². The molecule has 1 aliphatic heterocycles. The molecule has 0 aromatic carbocycles. The van der Waals surface area contributed by atoms with E-state index in [1.54, 1.807) is 0 Å². The fourth-order valence-electron chi connectivity index (χ4n) is 2.30. The Morgan fingerprint density at radius 2 is 2.19 bits per heavy atom. The van der Waals surface area contributed by atoms with Gasteiger partial charge in [0.1, 0.15) is 0 Å². The zero-order valence-corrected chi connectivity index (χ0v) is 13.4. The molecule has 0 saturated heterocycles. The van der Waals surface area contributed by atoms with Gasteiger partial charge in [-0.05, 0) is 30.2 Å². The lowest BCUT2D eigenvalue weighted by Crippen LogP contribution is -2.25. The van der Waals surface area contributed by atoms with Crippen LogP contribution in [-0.2, 0) is 4.79 Å². The smallest absolute Gasteiger partial charge is 0.250 e. The number of allylic oxidation sites excluding steroid dienone is 6. The number of rotatable bonds is 6. The highest BCUT2D eigenvalue weighted by molar-refractivity contribution is 8.03. The van der Waals surface area contributed by atoms with Crippen LogP contribution in [0, 0.1) is 0 Å². The molecule has 21 heavy (non-hydrogen) atoms. The van der Waals surface area contributed by atoms with Crippen molar-refractivity contribution in [2.24, 2.45) is 0 Å². The summed E-state index contributed by atoms with van der Waals surface area (Å²) in [6, 6.07) is 0. The monoisotopic (exact) mass is 301 g/mol. The molecule has 2 aliphatic rings. The van der Waals surface area contributed by atoms with Crippen molar-refractivity contribution in [2.45, 2.75) is 32.6 Å². The molecule has 0 aromatic heterocycles. The quantitative estimate of drug-likeness (QED) is 0.793. The Morgan fingerprint density at radius 1 is 1.29 bits per heavy atom. The first-order valence-corrected chi connectivity index (χ1v) is 8.62. The lowest BCUT2D eigenvalue weighted by molar-refractivity contribution is -0.117. The maximum atomic E-state index is 12.2. The summed E-state index contributed by atoms with van der Waals surface area (Å²) < 4.78 is 0. The Kier molecular flexibility index (Phi) is 6.61. The van der Waals surface area contributed by atoms with E-state index in [-0.39, 0.29) is 5.91 Å². The fourth-order valence-corrected chi connectivity index (χ4v) is 3.15. The van der Waals surface area contributed by atoms with Crippen LogP contribution in [0.25, 0.3) is 0 Å². The Morgan fingerprint density at radius 3 is 2.95 bits per heavy atom. The molecule has 0 saturated carbocycles. The molecule has 1 aliphatic carbocycles. The van der Waals surface area contributed by atoms with Gasteiger partial charge < -0.3 is 5.32 Å². The van der Waals surface area contributed by atoms with Gasteiger partial charge in [-0.1, -0.05) is 55.4 Å². The molecular weight excluding hydrogens is 278 g/mol. The molecule has 1 heterocycles. The predicted molar refractivity (Wildman–Crippen MR) is 92.1 cm³/mol. The topological polar surface area (TPSA) is 29.1 Å². The van der Waals surface area contributed by atoms with Gasteiger partial charge in [-0.15, -0.1) is 11.8 Å². The third-order valence-electron chi connectivity index (χ3n) is 3.44. The summed E-state index contributed by atoms with van der Waals surface area (Å²) in [6.07, 6.45) is 18.6. The van der Waals surface area contributed by atoms with Gasteiger partial charge in [0.05, 0.1) is 0 Å². The van der Waals surface area contributed by atoms with E-state index in [1.807, 2.05) is 23.9 Å². The lowest BCUT2D eigenvalue weighted by atomic mass is 10.1. The number of thioether (sulfide) groups is 1. The van der Waals surface area contributed by atoms with Crippen molar-refractivity contribution in [1.29, 1.82) is 0 Å². The molecule has 1 N–H and O–H groups in total. The molecular formula is C18H23NOS. The van der Waals surface area contributed by atoms with Gasteiger partial charge in [0.2, 0.25) is 0 Å². The van der Waals surface area contributed by atoms with Gasteiger partial charge in [-0.25, -0.2) is 0 Å². The third kappa shape index (κ3) is 5.43. The first kappa shape index (κ1) is 15.9. The van der Waals surface area contributed by atoms with Crippen LogP contribution in [0.5, 0.6) is 0 Å². The maximum absolute atomic E-state index is 12.2. The highest BCUT2D eigenvalue weighted by Gasteiger charge is 2.08. The first-order valence-electron chi connectivity index (χ1n) is 7.63. The average Bonchev–Trinajstić information content (AvgIpc) is 2.74. The minimum atomic E-state index is 0.0364. The van der Waals surface area contributed by atoms with Crippen LogP contribution in [0.3, 0.4) is 0 Å². The molecule has 0 spiro atoms. The normalized spacial score (nSPS) is 17.7. The average molecular weight is 301 g/mol. The highest BCUT2D eigenvalue weighted by Crippen LogP contribution is 2.22. The molecule has 3 heteroatoms. The first-order chi connectivity index (χ1) is 10.3. The van der Waals surface area contributed by atoms with Crippen LogP contribution < -0.4 is 5.32 Å². The van der Waals surface area contributed by atoms with E-state index in [9.17, 15) is 4.79 Å². The Balaban J connectivity index is 1.78. The molecule has 0 aromatic rings. The van der Waals surface area contributed by atoms with E-state index >= 15 is 0 Å². The molecule has 0 atom stereocenters. The van der Waals surface area contributed by atoms with Crippen LogP contribution in [-0.4, -0.2) is 18.2 Å². The Labute approximate surface area is 131 Å². The summed E-state index contributed by atoms with van der Waals surface area (Å²) in [5.74, 6) is 1.08. The molecule has 0 fully saturated rings. The number of nitrogens with one attached hydrogen (secondary N) is 1. The van der Waals surface area contributed by atoms with Gasteiger partial charge in [0.15, 0.2) is 0 Å². The second-order valence-corrected chi connectivity index (χ2v) is 6.28. The van der Waals surface area contributed by atoms with Crippen LogP contribution >= 0.6 is 11.8 Å². The number of hydrogen-bond donors (Lipinski definition) is 1. The minimum Gasteiger partial charge on any atom is -0.352 e. The standard InChI is InChI=1S/C18H23NOS/c1-2-6-15-7-5-8-16(11-10-15)18(20)19-13-12-17-9-3-4-14-21-17/h3-4,7-11H,2,5-6,12-14H2,1H3,(H,19,20). The number of carbonyl (C=O) groups excluding carboxylic acids is 1. The predicted octanol–water partition coefficient (Wildman–Crippen LogP) is 4.29. The van der Waals surface area contributed by atoms with E-state index in [0.717, 1.165) is 37.0 Å². The van der Waals surface area contributed by atoms with E-state index in [4.69, 9.17) is 0 Å². The summed E-state index contributed by atoms with van der Waals surface area (Å²) in [6.45, 7) is 2.87. The zero-order valence-electron chi connectivity index (χ0n) is 12.6. The van der Waals surface area contributed by atoms with Crippen molar-refractivity contribution in [3.8, 4) is 0 Å². The van der Waals surface area contributed by atoms with Crippen molar-refractivity contribution < 1.29 is 4.79 Å². The summed E-state index contributed by atoms with van der Waals surface area (Å²) in [7, 11) is 0. The third-order valence-corrected chi connectivity index (χ3v) is 4.51. The van der Waals surface area contributed by atoms with E-state index in [2.05, 4.69) is 42.6 Å². The maximum Gasteiger partial charge on any atom is 0.250 e. The van der Waals surface area contributed by atoms with E-state index in [1.165, 1.54) is 10.5 Å². The molecule has 2 rings (SSSR count). The van der Waals surface area contributed by atoms with Crippen LogP contribution in [0.2, 0.25) is 0 Å². The molecule has 0 bridgehead atoms. The van der Waals surface area contributed by atoms with Gasteiger partial charge in [0, 0.05) is 17.9 Å². The van der Waals surface area contributed by atoms with Crippen LogP contribution in [0.4, 0.5) is 0 Å². The summed E-state index contributed by atoms with van der Waals surface area (Å²) >= 11 is 1.85. The molecule has 1 amide bonds. The molecule has 0 unspecified atom stereocenters. The summed E-state index contributed by atoms with van der Waals surface area (Å²) in [4.78, 5) is 13.5. The van der Waals surface area contributed by atoms with Crippen LogP contribution in [0.1, 0.15) is 32.6 Å². The van der Waals surface area contributed by atoms with Gasteiger partial charge in [-0.3, -0.25) is 4.79 Å². The fraction of sp³-hybridized carbons (Fsp3) is 0.389. The number of amides is 1. The second-order valence-electron chi connectivity index (χ2n) is 5.14. The van der Waals surface area contributed by atoms with Crippen molar-refractivity contribution >= 4 is 17.7 Å². The van der Waals surface area contributed by atoms with Gasteiger partial charge >= 0.3 is 0 Å². The van der Waals surface area contributed by atoms with Crippen molar-refractivity contribution in [2.75, 3.05) is 12.3 Å². The largest absolute Gasteiger partial charge is 0.352 e. The summed E-state index contributed by atoms with van der Waals surface area (Å²) in [5, 5.41) is 3.01. The minimum absolute atomic E-state index is 0.0364. The van der Waals surface area contributed by atoms with Gasteiger partial charge in [-0.2, -0.15) is 0 Å². The second kappa shape index (κ2) is 8.73. The SMILES string of the molecule is CCCC1=CCC=C(C(=O)NCCC2=CC=CCS2)C=C1. The number of hydrogen-bond acceptors (Lipinski definition) is 2. The van der Waals surface area contributed by atoms with Crippen LogP contribution in [0.15, 0.2) is 58.6 Å². The summed E-state index contributed by atoms with van der Waals surface area (Å²) in [5.41, 5.74) is 2.11. The molecule has 2 nitrogen and oxygen atoms in total. The lowest BCUT2D eigenvalue weighted by Gasteiger charge is -2.09. The Bertz CT molecular complexity index is 523. The Hall–Kier alpha value is -1.48. The van der Waals surface area contributed by atoms with Crippen molar-refractivity contribution in [1.82, 2.24) is 5.32 Å². The van der Waals surface area contributed by atoms with Crippen molar-refractivity contribution in [3.05, 3.63) is 58.6 Å². The van der Waals surface area contributed by atoms with E-state index in [0.29, 0.717) is 6.54 Å². The zero-order chi connectivity index (χ0) is 14.9. The van der Waals surface area contributed by atoms with E-state index < -0.39 is 0 Å². The molecule has 112 valence electrons. The van der Waals surface area contributed by atoms with Crippen molar-refractivity contribution in [3.63, 3.8) is 0 Å². The number of carbonyl (C=O) groups is 1.